The van der Waals surface area contributed by atoms with Crippen molar-refractivity contribution in [3.63, 3.8) is 0 Å². The number of nitrogens with one attached hydrogen (secondary N) is 1. The predicted molar refractivity (Wildman–Crippen MR) is 114 cm³/mol. The van der Waals surface area contributed by atoms with E-state index in [1.807, 2.05) is 6.92 Å². The lowest BCUT2D eigenvalue weighted by Crippen LogP contribution is -2.45. The molecular formula is C22H35N3O4. The Labute approximate surface area is 174 Å². The van der Waals surface area contributed by atoms with E-state index in [4.69, 9.17) is 9.47 Å². The van der Waals surface area contributed by atoms with Gasteiger partial charge in [0.1, 0.15) is 12.4 Å². The van der Waals surface area contributed by atoms with Gasteiger partial charge in [-0.3, -0.25) is 14.5 Å². The lowest BCUT2D eigenvalue weighted by atomic mass is 10.0. The number of hydrogen-bond donors (Lipinski definition) is 1. The van der Waals surface area contributed by atoms with E-state index in [2.05, 4.69) is 31.1 Å². The number of fused-ring (bicyclic) bond motifs is 1. The first-order chi connectivity index (χ1) is 13.8. The summed E-state index contributed by atoms with van der Waals surface area (Å²) in [6.45, 7) is 7.97. The quantitative estimate of drug-likeness (QED) is 0.834. The first-order valence-corrected chi connectivity index (χ1v) is 10.3. The Hall–Kier alpha value is -2.12. The van der Waals surface area contributed by atoms with Crippen LogP contribution in [0.3, 0.4) is 0 Å². The number of benzene rings is 1. The molecule has 1 N–H and O–H groups in total. The summed E-state index contributed by atoms with van der Waals surface area (Å²) in [4.78, 5) is 29.0. The van der Waals surface area contributed by atoms with Crippen LogP contribution < -0.4 is 10.1 Å². The molecule has 0 spiro atoms. The van der Waals surface area contributed by atoms with Gasteiger partial charge in [-0.2, -0.15) is 0 Å². The largest absolute Gasteiger partial charge is 0.491 e. The van der Waals surface area contributed by atoms with E-state index in [0.29, 0.717) is 36.6 Å². The summed E-state index contributed by atoms with van der Waals surface area (Å²) in [5, 5.41) is 2.87. The van der Waals surface area contributed by atoms with Crippen molar-refractivity contribution < 1.29 is 19.1 Å². The van der Waals surface area contributed by atoms with E-state index < -0.39 is 0 Å². The minimum Gasteiger partial charge on any atom is -0.491 e. The Morgan fingerprint density at radius 1 is 1.28 bits per heavy atom. The van der Waals surface area contributed by atoms with E-state index in [0.717, 1.165) is 13.0 Å². The average Bonchev–Trinajstić information content (AvgIpc) is 2.68. The number of rotatable bonds is 4. The molecule has 1 aromatic carbocycles. The van der Waals surface area contributed by atoms with E-state index in [1.54, 1.807) is 37.3 Å². The lowest BCUT2D eigenvalue weighted by molar-refractivity contribution is -0.116. The van der Waals surface area contributed by atoms with Gasteiger partial charge in [0.2, 0.25) is 5.91 Å². The highest BCUT2D eigenvalue weighted by atomic mass is 16.5. The predicted octanol–water partition coefficient (Wildman–Crippen LogP) is 2.86. The molecule has 1 aliphatic rings. The van der Waals surface area contributed by atoms with Crippen molar-refractivity contribution in [3.05, 3.63) is 23.8 Å². The Balaban J connectivity index is 2.35. The standard InChI is InChI=1S/C22H35N3O4/c1-7-8-21(26)23-17-9-10-18-19(11-17)29-14-16(3)24(4)12-15(2)20(28-6)13-25(5)22(18)27/h9-11,15-16,20H,7-8,12-14H2,1-6H3,(H,23,26)/t15-,16+,20-/m1/s1. The van der Waals surface area contributed by atoms with Crippen LogP contribution in [0.4, 0.5) is 5.69 Å². The smallest absolute Gasteiger partial charge is 0.257 e. The van der Waals surface area contributed by atoms with E-state index in [1.165, 1.54) is 0 Å². The third-order valence-corrected chi connectivity index (χ3v) is 5.52. The second kappa shape index (κ2) is 10.6. The fourth-order valence-electron chi connectivity index (χ4n) is 3.48. The Bertz CT molecular complexity index is 709. The van der Waals surface area contributed by atoms with Crippen molar-refractivity contribution in [1.29, 1.82) is 0 Å². The molecular weight excluding hydrogens is 370 g/mol. The number of nitrogens with zero attached hydrogens (tertiary/aromatic N) is 2. The molecule has 1 aliphatic heterocycles. The lowest BCUT2D eigenvalue weighted by Gasteiger charge is -2.34. The van der Waals surface area contributed by atoms with Crippen molar-refractivity contribution in [2.24, 2.45) is 5.92 Å². The maximum Gasteiger partial charge on any atom is 0.257 e. The third-order valence-electron chi connectivity index (χ3n) is 5.52. The summed E-state index contributed by atoms with van der Waals surface area (Å²) in [6, 6.07) is 5.37. The van der Waals surface area contributed by atoms with E-state index in [9.17, 15) is 9.59 Å². The normalized spacial score (nSPS) is 24.1. The summed E-state index contributed by atoms with van der Waals surface area (Å²) in [5.41, 5.74) is 1.12. The molecule has 29 heavy (non-hydrogen) atoms. The monoisotopic (exact) mass is 405 g/mol. The number of anilines is 1. The highest BCUT2D eigenvalue weighted by molar-refractivity contribution is 5.98. The molecule has 0 aliphatic carbocycles. The number of methoxy groups -OCH3 is 1. The minimum absolute atomic E-state index is 0.0472. The summed E-state index contributed by atoms with van der Waals surface area (Å²) < 4.78 is 11.7. The van der Waals surface area contributed by atoms with Crippen LogP contribution in [-0.2, 0) is 9.53 Å². The molecule has 0 radical (unpaired) electrons. The fraction of sp³-hybridized carbons (Fsp3) is 0.636. The molecule has 1 aromatic rings. The van der Waals surface area contributed by atoms with Gasteiger partial charge in [-0.1, -0.05) is 13.8 Å². The highest BCUT2D eigenvalue weighted by Crippen LogP contribution is 2.26. The molecule has 0 aromatic heterocycles. The summed E-state index contributed by atoms with van der Waals surface area (Å²) in [5.74, 6) is 0.577. The number of likely N-dealkylation sites (N-methyl/N-ethyl adjacent to an activating group) is 2. The van der Waals surface area contributed by atoms with Crippen molar-refractivity contribution in [1.82, 2.24) is 9.80 Å². The molecule has 0 unspecified atom stereocenters. The van der Waals surface area contributed by atoms with Crippen molar-refractivity contribution in [3.8, 4) is 5.75 Å². The Morgan fingerprint density at radius 3 is 2.66 bits per heavy atom. The topological polar surface area (TPSA) is 71.1 Å². The van der Waals surface area contributed by atoms with E-state index in [-0.39, 0.29) is 29.9 Å². The number of carbonyl (C=O) groups excluding carboxylic acids is 2. The number of amides is 2. The first kappa shape index (κ1) is 23.2. The second-order valence-corrected chi connectivity index (χ2v) is 8.05. The molecule has 162 valence electrons. The molecule has 0 bridgehead atoms. The summed E-state index contributed by atoms with van der Waals surface area (Å²) in [6.07, 6.45) is 1.17. The van der Waals surface area contributed by atoms with Gasteiger partial charge < -0.3 is 19.7 Å². The molecule has 0 saturated heterocycles. The molecule has 0 fully saturated rings. The average molecular weight is 406 g/mol. The van der Waals surface area contributed by atoms with Crippen LogP contribution in [0.2, 0.25) is 0 Å². The van der Waals surface area contributed by atoms with Crippen LogP contribution in [0.15, 0.2) is 18.2 Å². The van der Waals surface area contributed by atoms with Crippen LogP contribution in [0.25, 0.3) is 0 Å². The highest BCUT2D eigenvalue weighted by Gasteiger charge is 2.27. The zero-order valence-electron chi connectivity index (χ0n) is 18.5. The van der Waals surface area contributed by atoms with Gasteiger partial charge in [-0.05, 0) is 38.4 Å². The van der Waals surface area contributed by atoms with Gasteiger partial charge in [-0.15, -0.1) is 0 Å². The first-order valence-electron chi connectivity index (χ1n) is 10.3. The van der Waals surface area contributed by atoms with Crippen molar-refractivity contribution in [2.75, 3.05) is 46.2 Å². The molecule has 0 saturated carbocycles. The number of hydrogen-bond acceptors (Lipinski definition) is 5. The SMILES string of the molecule is CCCC(=O)Nc1ccc2c(c1)OC[C@H](C)N(C)C[C@@H](C)[C@H](OC)CN(C)C2=O. The van der Waals surface area contributed by atoms with Crippen LogP contribution in [0.5, 0.6) is 5.75 Å². The molecule has 2 rings (SSSR count). The maximum atomic E-state index is 13.1. The second-order valence-electron chi connectivity index (χ2n) is 8.05. The van der Waals surface area contributed by atoms with Gasteiger partial charge in [0, 0.05) is 51.5 Å². The zero-order chi connectivity index (χ0) is 21.6. The van der Waals surface area contributed by atoms with Crippen molar-refractivity contribution in [2.45, 2.75) is 45.8 Å². The number of ether oxygens (including phenoxy) is 2. The van der Waals surface area contributed by atoms with Gasteiger partial charge in [-0.25, -0.2) is 0 Å². The van der Waals surface area contributed by atoms with Gasteiger partial charge in [0.05, 0.1) is 11.7 Å². The molecule has 7 heteroatoms. The van der Waals surface area contributed by atoms with Gasteiger partial charge >= 0.3 is 0 Å². The maximum absolute atomic E-state index is 13.1. The summed E-state index contributed by atoms with van der Waals surface area (Å²) >= 11 is 0. The van der Waals surface area contributed by atoms with Gasteiger partial charge in [0.15, 0.2) is 0 Å². The molecule has 2 amide bonds. The third kappa shape index (κ3) is 6.18. The summed E-state index contributed by atoms with van der Waals surface area (Å²) in [7, 11) is 5.54. The van der Waals surface area contributed by atoms with Crippen LogP contribution in [-0.4, -0.2) is 74.7 Å². The van der Waals surface area contributed by atoms with Crippen LogP contribution in [0, 0.1) is 5.92 Å². The molecule has 7 nitrogen and oxygen atoms in total. The number of carbonyl (C=O) groups is 2. The van der Waals surface area contributed by atoms with Crippen LogP contribution in [0.1, 0.15) is 44.0 Å². The zero-order valence-corrected chi connectivity index (χ0v) is 18.5. The fourth-order valence-corrected chi connectivity index (χ4v) is 3.48. The molecule has 3 atom stereocenters. The van der Waals surface area contributed by atoms with Crippen LogP contribution >= 0.6 is 0 Å². The Morgan fingerprint density at radius 2 is 2.00 bits per heavy atom. The van der Waals surface area contributed by atoms with Crippen molar-refractivity contribution >= 4 is 17.5 Å². The minimum atomic E-state index is -0.123. The molecule has 1 heterocycles. The Kier molecular flexibility index (Phi) is 8.46. The van der Waals surface area contributed by atoms with Gasteiger partial charge in [0.25, 0.3) is 5.91 Å². The van der Waals surface area contributed by atoms with E-state index >= 15 is 0 Å².